The zero-order chi connectivity index (χ0) is 21.5. The number of aromatic nitrogens is 3. The summed E-state index contributed by atoms with van der Waals surface area (Å²) in [7, 11) is -1.92. The lowest BCUT2D eigenvalue weighted by Gasteiger charge is -2.36. The molecule has 0 fully saturated rings. The third-order valence-corrected chi connectivity index (χ3v) is 10.8. The molecule has 1 aromatic heterocycles. The van der Waals surface area contributed by atoms with E-state index in [1.54, 1.807) is 0 Å². The van der Waals surface area contributed by atoms with Crippen molar-refractivity contribution in [3.8, 4) is 5.69 Å². The van der Waals surface area contributed by atoms with Gasteiger partial charge in [0.15, 0.2) is 20.0 Å². The summed E-state index contributed by atoms with van der Waals surface area (Å²) in [4.78, 5) is 4.88. The van der Waals surface area contributed by atoms with Crippen LogP contribution >= 0.6 is 11.6 Å². The summed E-state index contributed by atoms with van der Waals surface area (Å²) in [6.07, 6.45) is 0. The van der Waals surface area contributed by atoms with Gasteiger partial charge in [0.25, 0.3) is 0 Å². The molecule has 0 radical (unpaired) electrons. The number of fused-ring (bicyclic) bond motifs is 3. The molecule has 0 unspecified atom stereocenters. The van der Waals surface area contributed by atoms with Gasteiger partial charge in [-0.1, -0.05) is 62.7 Å². The molecule has 0 N–H and O–H groups in total. The van der Waals surface area contributed by atoms with Crippen LogP contribution in [-0.4, -0.2) is 28.8 Å². The van der Waals surface area contributed by atoms with Crippen molar-refractivity contribution in [2.75, 3.05) is 0 Å². The highest BCUT2D eigenvalue weighted by molar-refractivity contribution is 6.74. The van der Waals surface area contributed by atoms with Crippen LogP contribution in [0.1, 0.15) is 43.5 Å². The fourth-order valence-electron chi connectivity index (χ4n) is 3.26. The summed E-state index contributed by atoms with van der Waals surface area (Å²) in [6.45, 7) is 12.1. The molecule has 0 amide bonds. The molecular weight excluding hydrogens is 412 g/mol. The van der Waals surface area contributed by atoms with Crippen molar-refractivity contribution in [3.05, 3.63) is 76.3 Å². The predicted octanol–water partition coefficient (Wildman–Crippen LogP) is 5.79. The summed E-state index contributed by atoms with van der Waals surface area (Å²) in [6, 6.07) is 16.1. The second-order valence-corrected chi connectivity index (χ2v) is 14.4. The molecule has 4 rings (SSSR count). The summed E-state index contributed by atoms with van der Waals surface area (Å²) in [5.41, 5.74) is 3.92. The Morgan fingerprint density at radius 3 is 2.50 bits per heavy atom. The molecule has 7 heteroatoms. The minimum atomic E-state index is -1.92. The van der Waals surface area contributed by atoms with Gasteiger partial charge in [0.1, 0.15) is 6.54 Å². The molecule has 0 saturated heterocycles. The Morgan fingerprint density at radius 2 is 1.80 bits per heavy atom. The smallest absolute Gasteiger partial charge is 0.192 e. The van der Waals surface area contributed by atoms with Gasteiger partial charge < -0.3 is 4.43 Å². The van der Waals surface area contributed by atoms with Gasteiger partial charge in [0, 0.05) is 16.1 Å². The lowest BCUT2D eigenvalue weighted by molar-refractivity contribution is 0.265. The van der Waals surface area contributed by atoms with E-state index in [2.05, 4.69) is 60.8 Å². The normalized spacial score (nSPS) is 14.0. The topological polar surface area (TPSA) is 52.3 Å². The Bertz CT molecular complexity index is 1100. The van der Waals surface area contributed by atoms with Gasteiger partial charge in [-0.2, -0.15) is 0 Å². The molecule has 5 nitrogen and oxygen atoms in total. The van der Waals surface area contributed by atoms with Gasteiger partial charge in [-0.25, -0.2) is 0 Å². The number of nitrogens with zero attached hydrogens (tertiary/aromatic N) is 4. The van der Waals surface area contributed by atoms with Crippen LogP contribution in [0.25, 0.3) is 5.69 Å². The summed E-state index contributed by atoms with van der Waals surface area (Å²) >= 11 is 6.38. The lowest BCUT2D eigenvalue weighted by Crippen LogP contribution is -2.40. The number of aliphatic imine (C=N–C) groups is 1. The Kier molecular flexibility index (Phi) is 5.42. The maximum absolute atomic E-state index is 6.45. The molecule has 2 heterocycles. The number of hydrogen-bond acceptors (Lipinski definition) is 4. The first kappa shape index (κ1) is 21.0. The first-order valence-electron chi connectivity index (χ1n) is 10.1. The number of hydrogen-bond donors (Lipinski definition) is 0. The molecule has 0 bridgehead atoms. The van der Waals surface area contributed by atoms with Gasteiger partial charge in [-0.3, -0.25) is 9.56 Å². The third kappa shape index (κ3) is 3.87. The standard InChI is InChI=1S/C23H27ClN4OSi/c1-23(2,3)30(4,5)29-15-21-27-26-20-14-25-22(16-9-7-6-8-10-16)18-13-17(24)11-12-19(18)28(20)21/h6-13H,14-15H2,1-5H3. The van der Waals surface area contributed by atoms with Crippen molar-refractivity contribution in [3.63, 3.8) is 0 Å². The van der Waals surface area contributed by atoms with Gasteiger partial charge in [0.05, 0.1) is 18.0 Å². The van der Waals surface area contributed by atoms with Crippen LogP contribution in [0.2, 0.25) is 23.2 Å². The van der Waals surface area contributed by atoms with Crippen molar-refractivity contribution in [2.45, 2.75) is 52.1 Å². The minimum absolute atomic E-state index is 0.129. The second kappa shape index (κ2) is 7.76. The number of rotatable bonds is 4. The summed E-state index contributed by atoms with van der Waals surface area (Å²) in [5, 5.41) is 9.69. The summed E-state index contributed by atoms with van der Waals surface area (Å²) in [5.74, 6) is 1.60. The second-order valence-electron chi connectivity index (χ2n) is 9.11. The molecule has 2 aromatic carbocycles. The molecule has 156 valence electrons. The first-order valence-corrected chi connectivity index (χ1v) is 13.4. The molecule has 1 aliphatic heterocycles. The van der Waals surface area contributed by atoms with Crippen molar-refractivity contribution < 1.29 is 4.43 Å². The van der Waals surface area contributed by atoms with E-state index in [4.69, 9.17) is 21.0 Å². The Hall–Kier alpha value is -2.28. The molecule has 0 saturated carbocycles. The first-order chi connectivity index (χ1) is 14.2. The quantitative estimate of drug-likeness (QED) is 0.484. The van der Waals surface area contributed by atoms with E-state index in [0.29, 0.717) is 18.2 Å². The van der Waals surface area contributed by atoms with Crippen LogP contribution in [0, 0.1) is 0 Å². The molecule has 30 heavy (non-hydrogen) atoms. The van der Waals surface area contributed by atoms with Crippen molar-refractivity contribution >= 4 is 25.6 Å². The molecule has 3 aromatic rings. The van der Waals surface area contributed by atoms with E-state index in [-0.39, 0.29) is 5.04 Å². The third-order valence-electron chi connectivity index (χ3n) is 6.05. The Balaban J connectivity index is 1.78. The molecule has 1 aliphatic rings. The van der Waals surface area contributed by atoms with Crippen LogP contribution in [0.5, 0.6) is 0 Å². The van der Waals surface area contributed by atoms with Crippen LogP contribution in [0.4, 0.5) is 0 Å². The van der Waals surface area contributed by atoms with E-state index in [1.165, 1.54) is 0 Å². The van der Waals surface area contributed by atoms with E-state index in [0.717, 1.165) is 34.2 Å². The number of benzene rings is 2. The van der Waals surface area contributed by atoms with Gasteiger partial charge >= 0.3 is 0 Å². The van der Waals surface area contributed by atoms with Crippen LogP contribution < -0.4 is 0 Å². The predicted molar refractivity (Wildman–Crippen MR) is 124 cm³/mol. The Labute approximate surface area is 183 Å². The van der Waals surface area contributed by atoms with Gasteiger partial charge in [-0.05, 0) is 36.3 Å². The maximum Gasteiger partial charge on any atom is 0.192 e. The SMILES string of the molecule is CC(C)(C)[Si](C)(C)OCc1nnc2n1-c1ccc(Cl)cc1C(c1ccccc1)=NC2. The van der Waals surface area contributed by atoms with Crippen LogP contribution in [0.3, 0.4) is 0 Å². The zero-order valence-corrected chi connectivity index (χ0v) is 19.9. The largest absolute Gasteiger partial charge is 0.409 e. The van der Waals surface area contributed by atoms with Gasteiger partial charge in [0.2, 0.25) is 0 Å². The van der Waals surface area contributed by atoms with Crippen molar-refractivity contribution in [1.82, 2.24) is 14.8 Å². The number of halogens is 1. The van der Waals surface area contributed by atoms with E-state index >= 15 is 0 Å². The monoisotopic (exact) mass is 438 g/mol. The lowest BCUT2D eigenvalue weighted by atomic mass is 10.0. The van der Waals surface area contributed by atoms with E-state index in [1.807, 2.05) is 36.4 Å². The molecule has 0 aliphatic carbocycles. The minimum Gasteiger partial charge on any atom is -0.409 e. The highest BCUT2D eigenvalue weighted by Crippen LogP contribution is 2.37. The molecule has 0 spiro atoms. The highest BCUT2D eigenvalue weighted by atomic mass is 35.5. The zero-order valence-electron chi connectivity index (χ0n) is 18.1. The average Bonchev–Trinajstić information content (AvgIpc) is 3.02. The maximum atomic E-state index is 6.45. The van der Waals surface area contributed by atoms with Crippen LogP contribution in [-0.2, 0) is 17.6 Å². The fraction of sp³-hybridized carbons (Fsp3) is 0.348. The van der Waals surface area contributed by atoms with E-state index in [9.17, 15) is 0 Å². The average molecular weight is 439 g/mol. The van der Waals surface area contributed by atoms with Crippen molar-refractivity contribution in [1.29, 1.82) is 0 Å². The van der Waals surface area contributed by atoms with Crippen LogP contribution in [0.15, 0.2) is 53.5 Å². The van der Waals surface area contributed by atoms with E-state index < -0.39 is 8.32 Å². The highest BCUT2D eigenvalue weighted by Gasteiger charge is 2.37. The summed E-state index contributed by atoms with van der Waals surface area (Å²) < 4.78 is 8.53. The Morgan fingerprint density at radius 1 is 1.07 bits per heavy atom. The van der Waals surface area contributed by atoms with Crippen molar-refractivity contribution in [2.24, 2.45) is 4.99 Å². The molecule has 0 atom stereocenters. The fourth-order valence-corrected chi connectivity index (χ4v) is 4.35. The van der Waals surface area contributed by atoms with Gasteiger partial charge in [-0.15, -0.1) is 10.2 Å². The molecular formula is C23H27ClN4OSi.